The van der Waals surface area contributed by atoms with Gasteiger partial charge in [-0.1, -0.05) is 6.92 Å². The molecule has 1 saturated heterocycles. The normalized spacial score (nSPS) is 26.1. The molecule has 4 nitrogen and oxygen atoms in total. The first-order valence-corrected chi connectivity index (χ1v) is 6.49. The number of ether oxygens (including phenoxy) is 1. The molecule has 0 aromatic carbocycles. The predicted octanol–water partition coefficient (Wildman–Crippen LogP) is 1.40. The molecule has 17 heavy (non-hydrogen) atoms. The standard InChI is InChI=1S/C13H26N2O2/c1-6-11-9-17-10(2)8-15(11)12(16)7-14-13(3,4)5/h10-11,14H,6-9H2,1-5H3. The quantitative estimate of drug-likeness (QED) is 0.813. The lowest BCUT2D eigenvalue weighted by Gasteiger charge is -2.38. The fourth-order valence-corrected chi connectivity index (χ4v) is 1.93. The summed E-state index contributed by atoms with van der Waals surface area (Å²) in [4.78, 5) is 14.1. The minimum atomic E-state index is -0.0186. The van der Waals surface area contributed by atoms with Crippen molar-refractivity contribution in [3.05, 3.63) is 0 Å². The fraction of sp³-hybridized carbons (Fsp3) is 0.923. The van der Waals surface area contributed by atoms with Gasteiger partial charge in [0.1, 0.15) is 0 Å². The third-order valence-electron chi connectivity index (χ3n) is 3.03. The lowest BCUT2D eigenvalue weighted by molar-refractivity contribution is -0.143. The van der Waals surface area contributed by atoms with Crippen LogP contribution in [-0.2, 0) is 9.53 Å². The highest BCUT2D eigenvalue weighted by molar-refractivity contribution is 5.78. The van der Waals surface area contributed by atoms with E-state index in [9.17, 15) is 4.79 Å². The van der Waals surface area contributed by atoms with Crippen molar-refractivity contribution in [2.75, 3.05) is 19.7 Å². The smallest absolute Gasteiger partial charge is 0.236 e. The Morgan fingerprint density at radius 1 is 1.47 bits per heavy atom. The topological polar surface area (TPSA) is 41.6 Å². The zero-order chi connectivity index (χ0) is 13.1. The van der Waals surface area contributed by atoms with E-state index >= 15 is 0 Å². The molecule has 4 heteroatoms. The maximum Gasteiger partial charge on any atom is 0.236 e. The molecule has 0 spiro atoms. The van der Waals surface area contributed by atoms with Crippen LogP contribution in [0.4, 0.5) is 0 Å². The van der Waals surface area contributed by atoms with Gasteiger partial charge in [0.05, 0.1) is 25.3 Å². The first-order chi connectivity index (χ1) is 7.83. The summed E-state index contributed by atoms with van der Waals surface area (Å²) in [5, 5.41) is 3.25. The molecule has 0 bridgehead atoms. The van der Waals surface area contributed by atoms with Crippen LogP contribution >= 0.6 is 0 Å². The van der Waals surface area contributed by atoms with Crippen LogP contribution in [0, 0.1) is 0 Å². The third kappa shape index (κ3) is 4.64. The summed E-state index contributed by atoms with van der Waals surface area (Å²) in [5.74, 6) is 0.182. The van der Waals surface area contributed by atoms with Gasteiger partial charge in [-0.2, -0.15) is 0 Å². The average molecular weight is 242 g/mol. The molecule has 2 atom stereocenters. The maximum atomic E-state index is 12.2. The number of hydrogen-bond donors (Lipinski definition) is 1. The SMILES string of the molecule is CCC1COC(C)CN1C(=O)CNC(C)(C)C. The number of carbonyl (C=O) groups is 1. The molecule has 1 rings (SSSR count). The van der Waals surface area contributed by atoms with Gasteiger partial charge in [0.25, 0.3) is 0 Å². The van der Waals surface area contributed by atoms with Gasteiger partial charge in [-0.3, -0.25) is 4.79 Å². The molecule has 1 fully saturated rings. The van der Waals surface area contributed by atoms with Gasteiger partial charge in [0.15, 0.2) is 0 Å². The second-order valence-corrected chi connectivity index (χ2v) is 5.86. The van der Waals surface area contributed by atoms with E-state index in [1.807, 2.05) is 11.8 Å². The Morgan fingerprint density at radius 3 is 2.65 bits per heavy atom. The van der Waals surface area contributed by atoms with E-state index in [2.05, 4.69) is 33.0 Å². The Kier molecular flexibility index (Phi) is 4.95. The van der Waals surface area contributed by atoms with Gasteiger partial charge in [0.2, 0.25) is 5.91 Å². The number of hydrogen-bond acceptors (Lipinski definition) is 3. The van der Waals surface area contributed by atoms with E-state index in [4.69, 9.17) is 4.74 Å². The summed E-state index contributed by atoms with van der Waals surface area (Å²) in [6, 6.07) is 0.237. The van der Waals surface area contributed by atoms with Gasteiger partial charge in [-0.05, 0) is 34.1 Å². The van der Waals surface area contributed by atoms with Crippen molar-refractivity contribution in [3.63, 3.8) is 0 Å². The Morgan fingerprint density at radius 2 is 2.12 bits per heavy atom. The van der Waals surface area contributed by atoms with Crippen molar-refractivity contribution < 1.29 is 9.53 Å². The van der Waals surface area contributed by atoms with Crippen molar-refractivity contribution in [1.29, 1.82) is 0 Å². The summed E-state index contributed by atoms with van der Waals surface area (Å²) in [5.41, 5.74) is -0.0186. The third-order valence-corrected chi connectivity index (χ3v) is 3.03. The number of morpholine rings is 1. The number of rotatable bonds is 3. The minimum absolute atomic E-state index is 0.0186. The van der Waals surface area contributed by atoms with Crippen molar-refractivity contribution in [3.8, 4) is 0 Å². The van der Waals surface area contributed by atoms with Crippen LogP contribution in [-0.4, -0.2) is 48.2 Å². The van der Waals surface area contributed by atoms with Gasteiger partial charge in [-0.15, -0.1) is 0 Å². The van der Waals surface area contributed by atoms with Gasteiger partial charge < -0.3 is 15.0 Å². The zero-order valence-corrected chi connectivity index (χ0v) is 11.7. The number of amides is 1. The van der Waals surface area contributed by atoms with Crippen LogP contribution in [0.5, 0.6) is 0 Å². The molecular weight excluding hydrogens is 216 g/mol. The predicted molar refractivity (Wildman–Crippen MR) is 69.0 cm³/mol. The molecule has 0 saturated carbocycles. The molecule has 0 aromatic heterocycles. The van der Waals surface area contributed by atoms with Crippen LogP contribution in [0.15, 0.2) is 0 Å². The molecule has 0 radical (unpaired) electrons. The van der Waals surface area contributed by atoms with E-state index in [0.29, 0.717) is 19.7 Å². The first-order valence-electron chi connectivity index (χ1n) is 6.49. The second kappa shape index (κ2) is 5.83. The molecular formula is C13H26N2O2. The van der Waals surface area contributed by atoms with Gasteiger partial charge >= 0.3 is 0 Å². The minimum Gasteiger partial charge on any atom is -0.375 e. The van der Waals surface area contributed by atoms with Crippen LogP contribution < -0.4 is 5.32 Å². The second-order valence-electron chi connectivity index (χ2n) is 5.86. The number of carbonyl (C=O) groups excluding carboxylic acids is 1. The van der Waals surface area contributed by atoms with Crippen LogP contribution in [0.25, 0.3) is 0 Å². The van der Waals surface area contributed by atoms with Crippen LogP contribution in [0.3, 0.4) is 0 Å². The van der Waals surface area contributed by atoms with E-state index in [1.54, 1.807) is 0 Å². The number of nitrogens with one attached hydrogen (secondary N) is 1. The average Bonchev–Trinajstić information content (AvgIpc) is 2.25. The number of nitrogens with zero attached hydrogens (tertiary/aromatic N) is 1. The molecule has 1 aliphatic heterocycles. The van der Waals surface area contributed by atoms with E-state index in [-0.39, 0.29) is 23.6 Å². The molecule has 100 valence electrons. The monoisotopic (exact) mass is 242 g/mol. The molecule has 1 N–H and O–H groups in total. The van der Waals surface area contributed by atoms with E-state index in [0.717, 1.165) is 6.42 Å². The fourth-order valence-electron chi connectivity index (χ4n) is 1.93. The zero-order valence-electron chi connectivity index (χ0n) is 11.7. The van der Waals surface area contributed by atoms with Crippen molar-refractivity contribution in [2.45, 2.75) is 58.7 Å². The van der Waals surface area contributed by atoms with Gasteiger partial charge in [0, 0.05) is 12.1 Å². The Labute approximate surface area is 105 Å². The van der Waals surface area contributed by atoms with Crippen LogP contribution in [0.2, 0.25) is 0 Å². The molecule has 0 aromatic rings. The highest BCUT2D eigenvalue weighted by Crippen LogP contribution is 2.14. The summed E-state index contributed by atoms with van der Waals surface area (Å²) < 4.78 is 5.59. The highest BCUT2D eigenvalue weighted by atomic mass is 16.5. The summed E-state index contributed by atoms with van der Waals surface area (Å²) >= 11 is 0. The van der Waals surface area contributed by atoms with Crippen molar-refractivity contribution in [1.82, 2.24) is 10.2 Å². The first kappa shape index (κ1) is 14.5. The summed E-state index contributed by atoms with van der Waals surface area (Å²) in [6.45, 7) is 12.1. The lowest BCUT2D eigenvalue weighted by atomic mass is 10.1. The molecule has 0 aliphatic carbocycles. The summed E-state index contributed by atoms with van der Waals surface area (Å²) in [6.07, 6.45) is 1.10. The Balaban J connectivity index is 2.53. The lowest BCUT2D eigenvalue weighted by Crippen LogP contribution is -2.54. The Hall–Kier alpha value is -0.610. The Bertz CT molecular complexity index is 261. The van der Waals surface area contributed by atoms with E-state index in [1.165, 1.54) is 0 Å². The van der Waals surface area contributed by atoms with Crippen molar-refractivity contribution >= 4 is 5.91 Å². The summed E-state index contributed by atoms with van der Waals surface area (Å²) in [7, 11) is 0. The highest BCUT2D eigenvalue weighted by Gasteiger charge is 2.29. The van der Waals surface area contributed by atoms with Crippen LogP contribution in [0.1, 0.15) is 41.0 Å². The molecule has 2 unspecified atom stereocenters. The molecule has 1 aliphatic rings. The molecule has 1 amide bonds. The van der Waals surface area contributed by atoms with Crippen molar-refractivity contribution in [2.24, 2.45) is 0 Å². The maximum absolute atomic E-state index is 12.2. The van der Waals surface area contributed by atoms with Gasteiger partial charge in [-0.25, -0.2) is 0 Å². The molecule has 1 heterocycles. The van der Waals surface area contributed by atoms with E-state index < -0.39 is 0 Å². The largest absolute Gasteiger partial charge is 0.375 e.